The van der Waals surface area contributed by atoms with Gasteiger partial charge in [0.05, 0.1) is 22.8 Å². The van der Waals surface area contributed by atoms with Gasteiger partial charge in [-0.1, -0.05) is 29.3 Å². The molecular formula is C21H19ClN4O. The van der Waals surface area contributed by atoms with Crippen molar-refractivity contribution in [3.8, 4) is 0 Å². The van der Waals surface area contributed by atoms with E-state index in [0.717, 1.165) is 33.4 Å². The summed E-state index contributed by atoms with van der Waals surface area (Å²) >= 11 is 6.28. The molecule has 0 aliphatic carbocycles. The van der Waals surface area contributed by atoms with Crippen LogP contribution in [-0.4, -0.2) is 26.8 Å². The van der Waals surface area contributed by atoms with Gasteiger partial charge in [0.2, 0.25) is 0 Å². The highest BCUT2D eigenvalue weighted by atomic mass is 35.5. The zero-order valence-corrected chi connectivity index (χ0v) is 15.9. The number of imidazole rings is 1. The monoisotopic (exact) mass is 378 g/mol. The highest BCUT2D eigenvalue weighted by Crippen LogP contribution is 2.24. The summed E-state index contributed by atoms with van der Waals surface area (Å²) in [5, 5.41) is 4.06. The number of amides is 1. The van der Waals surface area contributed by atoms with Crippen molar-refractivity contribution in [1.82, 2.24) is 19.7 Å². The SMILES string of the molecule is Cc1cc(C)c2nc(Cl)c(C(=O)NCCc3ncc4ccccn34)cc2c1. The van der Waals surface area contributed by atoms with Gasteiger partial charge in [0.1, 0.15) is 11.0 Å². The molecule has 0 saturated heterocycles. The maximum atomic E-state index is 12.6. The van der Waals surface area contributed by atoms with Crippen LogP contribution in [0.3, 0.4) is 0 Å². The third kappa shape index (κ3) is 3.38. The zero-order valence-electron chi connectivity index (χ0n) is 15.2. The molecule has 0 unspecified atom stereocenters. The maximum absolute atomic E-state index is 12.6. The van der Waals surface area contributed by atoms with Crippen LogP contribution in [0.4, 0.5) is 0 Å². The van der Waals surface area contributed by atoms with Crippen molar-refractivity contribution in [3.63, 3.8) is 0 Å². The summed E-state index contributed by atoms with van der Waals surface area (Å²) in [5.41, 5.74) is 4.42. The van der Waals surface area contributed by atoms with Crippen LogP contribution in [0, 0.1) is 13.8 Å². The standard InChI is InChI=1S/C21H19ClN4O/c1-13-9-14(2)19-15(10-13)11-17(20(22)25-19)21(27)23-7-6-18-24-12-16-5-3-4-8-26(16)18/h3-5,8-12H,6-7H2,1-2H3,(H,23,27). The van der Waals surface area contributed by atoms with E-state index in [9.17, 15) is 4.79 Å². The molecule has 3 aromatic heterocycles. The maximum Gasteiger partial charge on any atom is 0.254 e. The Labute approximate surface area is 162 Å². The molecule has 1 amide bonds. The first kappa shape index (κ1) is 17.5. The third-order valence-corrected chi connectivity index (χ3v) is 4.89. The van der Waals surface area contributed by atoms with Gasteiger partial charge in [0.25, 0.3) is 5.91 Å². The minimum atomic E-state index is -0.227. The number of halogens is 1. The fourth-order valence-electron chi connectivity index (χ4n) is 3.36. The smallest absolute Gasteiger partial charge is 0.254 e. The Bertz CT molecular complexity index is 1170. The van der Waals surface area contributed by atoms with E-state index in [-0.39, 0.29) is 11.1 Å². The molecule has 4 aromatic rings. The Morgan fingerprint density at radius 2 is 2.07 bits per heavy atom. The van der Waals surface area contributed by atoms with Gasteiger partial charge in [-0.2, -0.15) is 0 Å². The van der Waals surface area contributed by atoms with Gasteiger partial charge in [0, 0.05) is 24.5 Å². The normalized spacial score (nSPS) is 11.2. The molecule has 6 heteroatoms. The fraction of sp³-hybridized carbons (Fsp3) is 0.190. The number of pyridine rings is 2. The van der Waals surface area contributed by atoms with E-state index in [2.05, 4.69) is 21.4 Å². The molecule has 0 saturated carbocycles. The van der Waals surface area contributed by atoms with Crippen molar-refractivity contribution in [3.05, 3.63) is 76.5 Å². The Morgan fingerprint density at radius 3 is 2.93 bits per heavy atom. The molecule has 3 heterocycles. The zero-order chi connectivity index (χ0) is 19.0. The Balaban J connectivity index is 1.52. The van der Waals surface area contributed by atoms with Crippen molar-refractivity contribution in [2.24, 2.45) is 0 Å². The first-order chi connectivity index (χ1) is 13.0. The highest BCUT2D eigenvalue weighted by Gasteiger charge is 2.14. The van der Waals surface area contributed by atoms with Gasteiger partial charge < -0.3 is 9.72 Å². The summed E-state index contributed by atoms with van der Waals surface area (Å²) in [6, 6.07) is 11.8. The van der Waals surface area contributed by atoms with Gasteiger partial charge in [-0.25, -0.2) is 9.97 Å². The molecule has 0 fully saturated rings. The van der Waals surface area contributed by atoms with E-state index in [1.807, 2.05) is 61.0 Å². The molecule has 0 radical (unpaired) electrons. The Morgan fingerprint density at radius 1 is 1.22 bits per heavy atom. The number of aromatic nitrogens is 3. The lowest BCUT2D eigenvalue weighted by atomic mass is 10.1. The Kier molecular flexibility index (Phi) is 4.54. The van der Waals surface area contributed by atoms with E-state index in [1.54, 1.807) is 0 Å². The van der Waals surface area contributed by atoms with Crippen LogP contribution in [0.15, 0.2) is 48.8 Å². The van der Waals surface area contributed by atoms with Crippen molar-refractivity contribution >= 4 is 33.9 Å². The minimum Gasteiger partial charge on any atom is -0.351 e. The number of carbonyl (C=O) groups excluding carboxylic acids is 1. The average molecular weight is 379 g/mol. The Hall–Kier alpha value is -2.92. The van der Waals surface area contributed by atoms with Crippen LogP contribution in [0.25, 0.3) is 16.4 Å². The number of nitrogens with one attached hydrogen (secondary N) is 1. The van der Waals surface area contributed by atoms with Gasteiger partial charge in [0.15, 0.2) is 0 Å². The van der Waals surface area contributed by atoms with E-state index in [1.165, 1.54) is 0 Å². The molecule has 0 bridgehead atoms. The summed E-state index contributed by atoms with van der Waals surface area (Å²) in [5.74, 6) is 0.675. The summed E-state index contributed by atoms with van der Waals surface area (Å²) in [6.45, 7) is 4.48. The van der Waals surface area contributed by atoms with E-state index < -0.39 is 0 Å². The number of hydrogen-bond acceptors (Lipinski definition) is 3. The quantitative estimate of drug-likeness (QED) is 0.543. The number of nitrogens with zero attached hydrogens (tertiary/aromatic N) is 3. The highest BCUT2D eigenvalue weighted by molar-refractivity contribution is 6.33. The second-order valence-corrected chi connectivity index (χ2v) is 7.01. The predicted octanol–water partition coefficient (Wildman–Crippen LogP) is 4.13. The molecule has 0 aliphatic heterocycles. The number of fused-ring (bicyclic) bond motifs is 2. The van der Waals surface area contributed by atoms with Crippen LogP contribution in [0.5, 0.6) is 0 Å². The average Bonchev–Trinajstić information content (AvgIpc) is 3.05. The summed E-state index contributed by atoms with van der Waals surface area (Å²) in [7, 11) is 0. The van der Waals surface area contributed by atoms with Crippen LogP contribution in [0.2, 0.25) is 5.15 Å². The first-order valence-corrected chi connectivity index (χ1v) is 9.17. The van der Waals surface area contributed by atoms with Gasteiger partial charge in [-0.3, -0.25) is 4.79 Å². The fourth-order valence-corrected chi connectivity index (χ4v) is 3.58. The lowest BCUT2D eigenvalue weighted by Gasteiger charge is -2.09. The topological polar surface area (TPSA) is 59.3 Å². The van der Waals surface area contributed by atoms with Gasteiger partial charge in [-0.15, -0.1) is 0 Å². The van der Waals surface area contributed by atoms with Crippen LogP contribution in [-0.2, 0) is 6.42 Å². The molecule has 0 aliphatic rings. The summed E-state index contributed by atoms with van der Waals surface area (Å²) < 4.78 is 2.02. The number of benzene rings is 1. The minimum absolute atomic E-state index is 0.221. The lowest BCUT2D eigenvalue weighted by Crippen LogP contribution is -2.26. The van der Waals surface area contributed by atoms with Crippen LogP contribution >= 0.6 is 11.6 Å². The van der Waals surface area contributed by atoms with Gasteiger partial charge in [-0.05, 0) is 43.7 Å². The van der Waals surface area contributed by atoms with Crippen LogP contribution in [0.1, 0.15) is 27.3 Å². The largest absolute Gasteiger partial charge is 0.351 e. The molecule has 4 rings (SSSR count). The predicted molar refractivity (Wildman–Crippen MR) is 107 cm³/mol. The van der Waals surface area contributed by atoms with E-state index in [0.29, 0.717) is 18.5 Å². The van der Waals surface area contributed by atoms with Gasteiger partial charge >= 0.3 is 0 Å². The number of hydrogen-bond donors (Lipinski definition) is 1. The number of carbonyl (C=O) groups is 1. The molecule has 1 aromatic carbocycles. The van der Waals surface area contributed by atoms with E-state index >= 15 is 0 Å². The van der Waals surface area contributed by atoms with Crippen molar-refractivity contribution in [2.75, 3.05) is 6.54 Å². The van der Waals surface area contributed by atoms with Crippen molar-refractivity contribution in [1.29, 1.82) is 0 Å². The number of aryl methyl sites for hydroxylation is 2. The lowest BCUT2D eigenvalue weighted by molar-refractivity contribution is 0.0954. The van der Waals surface area contributed by atoms with Crippen molar-refractivity contribution in [2.45, 2.75) is 20.3 Å². The van der Waals surface area contributed by atoms with Crippen molar-refractivity contribution < 1.29 is 4.79 Å². The second kappa shape index (κ2) is 7.00. The molecule has 1 N–H and O–H groups in total. The molecule has 0 atom stereocenters. The second-order valence-electron chi connectivity index (χ2n) is 6.66. The molecule has 5 nitrogen and oxygen atoms in total. The van der Waals surface area contributed by atoms with E-state index in [4.69, 9.17) is 11.6 Å². The third-order valence-electron chi connectivity index (χ3n) is 4.60. The first-order valence-electron chi connectivity index (χ1n) is 8.79. The summed E-state index contributed by atoms with van der Waals surface area (Å²) in [6.07, 6.45) is 4.42. The summed E-state index contributed by atoms with van der Waals surface area (Å²) in [4.78, 5) is 21.4. The molecule has 27 heavy (non-hydrogen) atoms. The molecular weight excluding hydrogens is 360 g/mol. The van der Waals surface area contributed by atoms with Crippen LogP contribution < -0.4 is 5.32 Å². The molecule has 136 valence electrons. The number of rotatable bonds is 4. The molecule has 0 spiro atoms.